The first-order valence-electron chi connectivity index (χ1n) is 6.70. The highest BCUT2D eigenvalue weighted by atomic mass is 35.5. The molecular formula is C17H13ClO3. The molecule has 0 amide bonds. The van der Waals surface area contributed by atoms with Gasteiger partial charge >= 0.3 is 5.97 Å². The molecule has 1 aliphatic rings. The van der Waals surface area contributed by atoms with Crippen molar-refractivity contribution < 1.29 is 14.7 Å². The quantitative estimate of drug-likeness (QED) is 0.937. The number of fused-ring (bicyclic) bond motifs is 1. The Balaban J connectivity index is 1.98. The Hall–Kier alpha value is -2.13. The Morgan fingerprint density at radius 1 is 1.19 bits per heavy atom. The van der Waals surface area contributed by atoms with Crippen LogP contribution >= 0.6 is 11.6 Å². The Labute approximate surface area is 127 Å². The van der Waals surface area contributed by atoms with Crippen molar-refractivity contribution in [3.05, 3.63) is 58.6 Å². The van der Waals surface area contributed by atoms with Gasteiger partial charge in [0.2, 0.25) is 0 Å². The van der Waals surface area contributed by atoms with Gasteiger partial charge in [0.1, 0.15) is 0 Å². The van der Waals surface area contributed by atoms with Crippen LogP contribution in [0.3, 0.4) is 0 Å². The fourth-order valence-corrected chi connectivity index (χ4v) is 3.05. The molecule has 0 saturated heterocycles. The summed E-state index contributed by atoms with van der Waals surface area (Å²) < 4.78 is 0. The average Bonchev–Trinajstić information content (AvgIpc) is 2.75. The number of carbonyl (C=O) groups is 2. The topological polar surface area (TPSA) is 54.4 Å². The SMILES string of the molecule is O=C(O)CC1Cc2ccc(-c3ccccc3Cl)cc2C1=O. The van der Waals surface area contributed by atoms with Crippen molar-refractivity contribution in [3.63, 3.8) is 0 Å². The van der Waals surface area contributed by atoms with E-state index >= 15 is 0 Å². The largest absolute Gasteiger partial charge is 0.481 e. The van der Waals surface area contributed by atoms with Crippen molar-refractivity contribution in [1.29, 1.82) is 0 Å². The molecule has 2 aromatic carbocycles. The molecule has 0 radical (unpaired) electrons. The van der Waals surface area contributed by atoms with Crippen molar-refractivity contribution in [3.8, 4) is 11.1 Å². The molecule has 0 heterocycles. The van der Waals surface area contributed by atoms with Crippen LogP contribution in [0.25, 0.3) is 11.1 Å². The molecule has 0 saturated carbocycles. The molecule has 1 atom stereocenters. The van der Waals surface area contributed by atoms with Crippen LogP contribution in [0.1, 0.15) is 22.3 Å². The molecule has 0 aromatic heterocycles. The van der Waals surface area contributed by atoms with Crippen LogP contribution in [0.15, 0.2) is 42.5 Å². The maximum atomic E-state index is 12.3. The highest BCUT2D eigenvalue weighted by Crippen LogP contribution is 2.34. The van der Waals surface area contributed by atoms with Gasteiger partial charge in [-0.05, 0) is 29.7 Å². The van der Waals surface area contributed by atoms with Gasteiger partial charge in [-0.25, -0.2) is 0 Å². The number of carboxylic acids is 1. The summed E-state index contributed by atoms with van der Waals surface area (Å²) in [5, 5.41) is 9.50. The molecule has 1 unspecified atom stereocenters. The zero-order valence-corrected chi connectivity index (χ0v) is 11.9. The molecule has 0 spiro atoms. The number of hydrogen-bond donors (Lipinski definition) is 1. The van der Waals surface area contributed by atoms with E-state index < -0.39 is 11.9 Å². The highest BCUT2D eigenvalue weighted by Gasteiger charge is 2.32. The number of Topliss-reactive ketones (excluding diaryl/α,β-unsaturated/α-hetero) is 1. The first-order valence-corrected chi connectivity index (χ1v) is 7.08. The van der Waals surface area contributed by atoms with E-state index in [0.29, 0.717) is 17.0 Å². The molecule has 1 aliphatic carbocycles. The van der Waals surface area contributed by atoms with E-state index in [4.69, 9.17) is 16.7 Å². The number of carboxylic acid groups (broad SMARTS) is 1. The normalized spacial score (nSPS) is 16.8. The number of benzene rings is 2. The summed E-state index contributed by atoms with van der Waals surface area (Å²) in [4.78, 5) is 23.1. The first kappa shape index (κ1) is 13.8. The Bertz CT molecular complexity index is 737. The summed E-state index contributed by atoms with van der Waals surface area (Å²) >= 11 is 6.18. The second kappa shape index (κ2) is 5.34. The fraction of sp³-hybridized carbons (Fsp3) is 0.176. The molecule has 1 N–H and O–H groups in total. The number of carbonyl (C=O) groups excluding carboxylic acids is 1. The summed E-state index contributed by atoms with van der Waals surface area (Å²) in [6, 6.07) is 13.1. The predicted molar refractivity (Wildman–Crippen MR) is 80.7 cm³/mol. The number of aliphatic carboxylic acids is 1. The zero-order valence-electron chi connectivity index (χ0n) is 11.2. The smallest absolute Gasteiger partial charge is 0.304 e. The zero-order chi connectivity index (χ0) is 15.0. The van der Waals surface area contributed by atoms with E-state index in [1.165, 1.54) is 0 Å². The van der Waals surface area contributed by atoms with E-state index in [9.17, 15) is 9.59 Å². The average molecular weight is 301 g/mol. The third kappa shape index (κ3) is 2.57. The van der Waals surface area contributed by atoms with Crippen molar-refractivity contribution in [2.75, 3.05) is 0 Å². The van der Waals surface area contributed by atoms with Crippen LogP contribution in [0.4, 0.5) is 0 Å². The van der Waals surface area contributed by atoms with Crippen molar-refractivity contribution in [1.82, 2.24) is 0 Å². The fourth-order valence-electron chi connectivity index (χ4n) is 2.80. The summed E-state index contributed by atoms with van der Waals surface area (Å²) in [5.74, 6) is -1.47. The summed E-state index contributed by atoms with van der Waals surface area (Å²) in [6.45, 7) is 0. The van der Waals surface area contributed by atoms with Crippen LogP contribution in [-0.2, 0) is 11.2 Å². The maximum absolute atomic E-state index is 12.3. The Morgan fingerprint density at radius 2 is 1.95 bits per heavy atom. The minimum absolute atomic E-state index is 0.0821. The van der Waals surface area contributed by atoms with E-state index in [-0.39, 0.29) is 12.2 Å². The lowest BCUT2D eigenvalue weighted by molar-refractivity contribution is -0.137. The molecule has 2 aromatic rings. The van der Waals surface area contributed by atoms with Crippen LogP contribution in [0.5, 0.6) is 0 Å². The highest BCUT2D eigenvalue weighted by molar-refractivity contribution is 6.33. The standard InChI is InChI=1S/C17H13ClO3/c18-15-4-2-1-3-13(15)11-6-5-10-7-12(9-16(19)20)17(21)14(10)8-11/h1-6,8,12H,7,9H2,(H,19,20). The van der Waals surface area contributed by atoms with Gasteiger partial charge in [-0.1, -0.05) is 41.9 Å². The lowest BCUT2D eigenvalue weighted by Crippen LogP contribution is -2.13. The van der Waals surface area contributed by atoms with Gasteiger partial charge in [-0.3, -0.25) is 9.59 Å². The third-order valence-electron chi connectivity index (χ3n) is 3.82. The van der Waals surface area contributed by atoms with Gasteiger partial charge in [-0.15, -0.1) is 0 Å². The van der Waals surface area contributed by atoms with E-state index in [0.717, 1.165) is 16.7 Å². The molecule has 0 bridgehead atoms. The van der Waals surface area contributed by atoms with Gasteiger partial charge in [0.25, 0.3) is 0 Å². The number of halogens is 1. The van der Waals surface area contributed by atoms with Gasteiger partial charge in [0.05, 0.1) is 6.42 Å². The second-order valence-corrected chi connectivity index (χ2v) is 5.62. The molecule has 0 aliphatic heterocycles. The lowest BCUT2D eigenvalue weighted by Gasteiger charge is -2.06. The van der Waals surface area contributed by atoms with Gasteiger partial charge < -0.3 is 5.11 Å². The second-order valence-electron chi connectivity index (χ2n) is 5.21. The Kier molecular flexibility index (Phi) is 3.52. The molecular weight excluding hydrogens is 288 g/mol. The van der Waals surface area contributed by atoms with Gasteiger partial charge in [-0.2, -0.15) is 0 Å². The lowest BCUT2D eigenvalue weighted by atomic mass is 9.99. The van der Waals surface area contributed by atoms with E-state index in [1.54, 1.807) is 6.07 Å². The van der Waals surface area contributed by atoms with E-state index in [1.807, 2.05) is 36.4 Å². The molecule has 106 valence electrons. The summed E-state index contributed by atoms with van der Waals surface area (Å²) in [7, 11) is 0. The van der Waals surface area contributed by atoms with Crippen LogP contribution in [0.2, 0.25) is 5.02 Å². The maximum Gasteiger partial charge on any atom is 0.304 e. The molecule has 3 rings (SSSR count). The van der Waals surface area contributed by atoms with Crippen LogP contribution in [0, 0.1) is 5.92 Å². The first-order chi connectivity index (χ1) is 10.1. The van der Waals surface area contributed by atoms with Gasteiger partial charge in [0, 0.05) is 22.1 Å². The van der Waals surface area contributed by atoms with Crippen molar-refractivity contribution in [2.24, 2.45) is 5.92 Å². The number of rotatable bonds is 3. The minimum atomic E-state index is -0.938. The molecule has 3 nitrogen and oxygen atoms in total. The Morgan fingerprint density at radius 3 is 2.67 bits per heavy atom. The molecule has 4 heteroatoms. The third-order valence-corrected chi connectivity index (χ3v) is 4.15. The van der Waals surface area contributed by atoms with Crippen molar-refractivity contribution in [2.45, 2.75) is 12.8 Å². The molecule has 21 heavy (non-hydrogen) atoms. The monoisotopic (exact) mass is 300 g/mol. The van der Waals surface area contributed by atoms with Gasteiger partial charge in [0.15, 0.2) is 5.78 Å². The molecule has 0 fully saturated rings. The minimum Gasteiger partial charge on any atom is -0.481 e. The van der Waals surface area contributed by atoms with Crippen LogP contribution in [-0.4, -0.2) is 16.9 Å². The van der Waals surface area contributed by atoms with E-state index in [2.05, 4.69) is 0 Å². The number of ketones is 1. The van der Waals surface area contributed by atoms with Crippen LogP contribution < -0.4 is 0 Å². The summed E-state index contributed by atoms with van der Waals surface area (Å²) in [6.07, 6.45) is 0.387. The number of hydrogen-bond acceptors (Lipinski definition) is 2. The van der Waals surface area contributed by atoms with Crippen molar-refractivity contribution >= 4 is 23.4 Å². The summed E-state index contributed by atoms with van der Waals surface area (Å²) in [5.41, 5.74) is 3.29. The predicted octanol–water partition coefficient (Wildman–Crippen LogP) is 3.84.